The molecule has 1 aliphatic rings. The van der Waals surface area contributed by atoms with Crippen molar-refractivity contribution in [1.82, 2.24) is 9.88 Å². The van der Waals surface area contributed by atoms with E-state index in [1.54, 1.807) is 18.5 Å². The average molecular weight is 416 g/mol. The second-order valence-corrected chi connectivity index (χ2v) is 8.27. The van der Waals surface area contributed by atoms with E-state index in [1.165, 1.54) is 28.1 Å². The highest BCUT2D eigenvalue weighted by Gasteiger charge is 2.28. The average Bonchev–Trinajstić information content (AvgIpc) is 3.08. The normalized spacial score (nSPS) is 15.6. The van der Waals surface area contributed by atoms with E-state index in [9.17, 15) is 9.90 Å². The lowest BCUT2D eigenvalue weighted by Gasteiger charge is -2.24. The molecule has 160 valence electrons. The van der Waals surface area contributed by atoms with E-state index in [0.717, 1.165) is 25.1 Å². The van der Waals surface area contributed by atoms with Crippen molar-refractivity contribution in [2.24, 2.45) is 0 Å². The van der Waals surface area contributed by atoms with Gasteiger partial charge in [0.1, 0.15) is 0 Å². The van der Waals surface area contributed by atoms with Crippen molar-refractivity contribution in [3.05, 3.63) is 88.7 Å². The van der Waals surface area contributed by atoms with Crippen LogP contribution in [0.3, 0.4) is 0 Å². The largest absolute Gasteiger partial charge is 0.478 e. The Morgan fingerprint density at radius 3 is 2.61 bits per heavy atom. The fourth-order valence-electron chi connectivity index (χ4n) is 4.58. The summed E-state index contributed by atoms with van der Waals surface area (Å²) in [7, 11) is 2.14. The minimum absolute atomic E-state index is 0.278. The van der Waals surface area contributed by atoms with Crippen LogP contribution in [0.5, 0.6) is 0 Å². The number of fused-ring (bicyclic) bond motifs is 1. The highest BCUT2D eigenvalue weighted by molar-refractivity contribution is 5.89. The van der Waals surface area contributed by atoms with Gasteiger partial charge in [-0.3, -0.25) is 9.88 Å². The number of rotatable bonds is 7. The highest BCUT2D eigenvalue weighted by atomic mass is 16.4. The van der Waals surface area contributed by atoms with Gasteiger partial charge in [-0.15, -0.1) is 0 Å². The summed E-state index contributed by atoms with van der Waals surface area (Å²) < 4.78 is 0. The van der Waals surface area contributed by atoms with Crippen molar-refractivity contribution in [2.75, 3.05) is 18.5 Å². The maximum absolute atomic E-state index is 11.5. The molecule has 0 bridgehead atoms. The predicted molar refractivity (Wildman–Crippen MR) is 124 cm³/mol. The van der Waals surface area contributed by atoms with Crippen LogP contribution in [0.2, 0.25) is 0 Å². The number of carbonyl (C=O) groups is 1. The van der Waals surface area contributed by atoms with Crippen molar-refractivity contribution < 1.29 is 9.90 Å². The van der Waals surface area contributed by atoms with Crippen LogP contribution < -0.4 is 4.90 Å². The number of aromatic nitrogens is 1. The maximum atomic E-state index is 11.5. The Labute approximate surface area is 184 Å². The number of aromatic carboxylic acids is 1. The molecule has 5 nitrogen and oxygen atoms in total. The van der Waals surface area contributed by atoms with Crippen LogP contribution in [-0.2, 0) is 13.0 Å². The molecule has 31 heavy (non-hydrogen) atoms. The van der Waals surface area contributed by atoms with Gasteiger partial charge in [0.2, 0.25) is 0 Å². The van der Waals surface area contributed by atoms with Crippen LogP contribution in [-0.4, -0.2) is 34.6 Å². The topological polar surface area (TPSA) is 56.7 Å². The molecule has 0 spiro atoms. The molecule has 1 aliphatic heterocycles. The van der Waals surface area contributed by atoms with E-state index in [1.807, 2.05) is 0 Å². The Kier molecular flexibility index (Phi) is 6.05. The minimum Gasteiger partial charge on any atom is -0.478 e. The number of hydrogen-bond acceptors (Lipinski definition) is 4. The molecule has 2 aromatic carbocycles. The molecule has 0 radical (unpaired) electrons. The maximum Gasteiger partial charge on any atom is 0.336 e. The summed E-state index contributed by atoms with van der Waals surface area (Å²) in [5.41, 5.74) is 7.51. The monoisotopic (exact) mass is 415 g/mol. The van der Waals surface area contributed by atoms with Crippen molar-refractivity contribution in [1.29, 1.82) is 0 Å². The second kappa shape index (κ2) is 8.90. The summed E-state index contributed by atoms with van der Waals surface area (Å²) in [6, 6.07) is 17.3. The van der Waals surface area contributed by atoms with Gasteiger partial charge in [-0.25, -0.2) is 4.79 Å². The van der Waals surface area contributed by atoms with Crippen LogP contribution in [0.4, 0.5) is 11.4 Å². The van der Waals surface area contributed by atoms with Crippen molar-refractivity contribution in [2.45, 2.75) is 39.3 Å². The van der Waals surface area contributed by atoms with Crippen LogP contribution in [0, 0.1) is 6.92 Å². The van der Waals surface area contributed by atoms with Crippen molar-refractivity contribution in [3.63, 3.8) is 0 Å². The first-order valence-electron chi connectivity index (χ1n) is 10.8. The van der Waals surface area contributed by atoms with Gasteiger partial charge in [0.15, 0.2) is 0 Å². The number of benzene rings is 2. The van der Waals surface area contributed by atoms with E-state index in [0.29, 0.717) is 12.0 Å². The molecule has 4 rings (SSSR count). The van der Waals surface area contributed by atoms with Crippen LogP contribution in [0.25, 0.3) is 0 Å². The van der Waals surface area contributed by atoms with Gasteiger partial charge >= 0.3 is 5.97 Å². The molecule has 0 fully saturated rings. The fraction of sp³-hybridized carbons (Fsp3) is 0.308. The first kappa shape index (κ1) is 21.1. The first-order chi connectivity index (χ1) is 15.0. The molecule has 0 amide bonds. The molecule has 1 N–H and O–H groups in total. The summed E-state index contributed by atoms with van der Waals surface area (Å²) in [5, 5.41) is 9.44. The Balaban J connectivity index is 1.55. The lowest BCUT2D eigenvalue weighted by molar-refractivity contribution is 0.0695. The zero-order valence-corrected chi connectivity index (χ0v) is 18.4. The van der Waals surface area contributed by atoms with Gasteiger partial charge in [0, 0.05) is 42.9 Å². The van der Waals surface area contributed by atoms with Crippen LogP contribution in [0.1, 0.15) is 52.0 Å². The van der Waals surface area contributed by atoms with Gasteiger partial charge in [-0.2, -0.15) is 0 Å². The molecule has 0 saturated carbocycles. The number of carboxylic acids is 1. The SMILES string of the molecule is CCN(c1ccc(C)cc1)c1ccc2c(c1)CN(C)[C@H]2CCc1cnccc1C(=O)O. The predicted octanol–water partition coefficient (Wildman–Crippen LogP) is 5.37. The third kappa shape index (κ3) is 4.32. The van der Waals surface area contributed by atoms with Gasteiger partial charge in [-0.05, 0) is 80.8 Å². The molecule has 0 unspecified atom stereocenters. The molecule has 1 aromatic heterocycles. The Morgan fingerprint density at radius 2 is 1.90 bits per heavy atom. The minimum atomic E-state index is -0.891. The number of pyridine rings is 1. The summed E-state index contributed by atoms with van der Waals surface area (Å²) in [6.45, 7) is 6.09. The summed E-state index contributed by atoms with van der Waals surface area (Å²) in [6.07, 6.45) is 4.78. The number of anilines is 2. The lowest BCUT2D eigenvalue weighted by Crippen LogP contribution is -2.17. The van der Waals surface area contributed by atoms with E-state index in [-0.39, 0.29) is 6.04 Å². The van der Waals surface area contributed by atoms with E-state index in [2.05, 4.69) is 78.1 Å². The van der Waals surface area contributed by atoms with Gasteiger partial charge in [0.05, 0.1) is 5.56 Å². The van der Waals surface area contributed by atoms with Crippen LogP contribution >= 0.6 is 0 Å². The molecular formula is C26H29N3O2. The van der Waals surface area contributed by atoms with E-state index in [4.69, 9.17) is 0 Å². The number of aryl methyl sites for hydroxylation is 2. The summed E-state index contributed by atoms with van der Waals surface area (Å²) in [5.74, 6) is -0.891. The Bertz CT molecular complexity index is 1080. The van der Waals surface area contributed by atoms with E-state index < -0.39 is 5.97 Å². The summed E-state index contributed by atoms with van der Waals surface area (Å²) in [4.78, 5) is 20.3. The quantitative estimate of drug-likeness (QED) is 0.562. The molecular weight excluding hydrogens is 386 g/mol. The second-order valence-electron chi connectivity index (χ2n) is 8.27. The highest BCUT2D eigenvalue weighted by Crippen LogP contribution is 2.38. The molecule has 1 atom stereocenters. The van der Waals surface area contributed by atoms with Gasteiger partial charge in [-0.1, -0.05) is 23.8 Å². The van der Waals surface area contributed by atoms with E-state index >= 15 is 0 Å². The van der Waals surface area contributed by atoms with Crippen molar-refractivity contribution >= 4 is 17.3 Å². The zero-order chi connectivity index (χ0) is 22.0. The van der Waals surface area contributed by atoms with Gasteiger partial charge in [0.25, 0.3) is 0 Å². The molecule has 2 heterocycles. The standard InChI is InChI=1S/C26H29N3O2/c1-4-29(21-8-5-18(2)6-9-21)22-10-11-23-20(15-22)17-28(3)25(23)12-7-19-16-27-14-13-24(19)26(30)31/h5-6,8-11,13-16,25H,4,7,12,17H2,1-3H3,(H,30,31)/t25-/m0/s1. The Morgan fingerprint density at radius 1 is 1.16 bits per heavy atom. The van der Waals surface area contributed by atoms with Crippen molar-refractivity contribution in [3.8, 4) is 0 Å². The smallest absolute Gasteiger partial charge is 0.336 e. The molecule has 0 saturated heterocycles. The van der Waals surface area contributed by atoms with Crippen LogP contribution in [0.15, 0.2) is 60.9 Å². The Hall–Kier alpha value is -3.18. The van der Waals surface area contributed by atoms with Gasteiger partial charge < -0.3 is 10.0 Å². The molecule has 3 aromatic rings. The lowest BCUT2D eigenvalue weighted by atomic mass is 9.96. The fourth-order valence-corrected chi connectivity index (χ4v) is 4.58. The third-order valence-electron chi connectivity index (χ3n) is 6.23. The number of nitrogens with zero attached hydrogens (tertiary/aromatic N) is 3. The zero-order valence-electron chi connectivity index (χ0n) is 18.4. The third-order valence-corrected chi connectivity index (χ3v) is 6.23. The number of hydrogen-bond donors (Lipinski definition) is 1. The molecule has 5 heteroatoms. The first-order valence-corrected chi connectivity index (χ1v) is 10.8. The molecule has 0 aliphatic carbocycles. The summed E-state index contributed by atoms with van der Waals surface area (Å²) >= 11 is 0. The number of carboxylic acid groups (broad SMARTS) is 1.